The lowest BCUT2D eigenvalue weighted by Crippen LogP contribution is -2.62. The number of hydrogen-bond donors (Lipinski definition) is 0. The van der Waals surface area contributed by atoms with E-state index in [9.17, 15) is 13.2 Å². The Morgan fingerprint density at radius 1 is 0.786 bits per heavy atom. The van der Waals surface area contributed by atoms with Crippen molar-refractivity contribution in [2.45, 2.75) is 29.2 Å². The minimum atomic E-state index is -3.79. The van der Waals surface area contributed by atoms with Crippen molar-refractivity contribution in [3.05, 3.63) is 102 Å². The summed E-state index contributed by atoms with van der Waals surface area (Å²) in [6.07, 6.45) is 0. The fourth-order valence-electron chi connectivity index (χ4n) is 3.85. The smallest absolute Gasteiger partial charge is 0.244 e. The number of benzene rings is 3. The van der Waals surface area contributed by atoms with Gasteiger partial charge in [-0.15, -0.1) is 0 Å². The largest absolute Gasteiger partial charge is 0.326 e. The summed E-state index contributed by atoms with van der Waals surface area (Å²) in [7, 11) is -3.79. The number of β-lactam (4-membered cyclic amide) rings is 1. The second-order valence-electron chi connectivity index (χ2n) is 6.97. The maximum Gasteiger partial charge on any atom is 0.244 e. The molecular weight excluding hydrogens is 370 g/mol. The maximum atomic E-state index is 13.3. The SMILES string of the molecule is C[C@@H](c1ccccc1)N1C(=O)[C@H](S(=O)(=O)c2ccccc2)[C@H]1c1ccccc1. The zero-order valence-corrected chi connectivity index (χ0v) is 16.3. The molecule has 0 aromatic heterocycles. The second kappa shape index (κ2) is 7.24. The Kier molecular flexibility index (Phi) is 4.77. The summed E-state index contributed by atoms with van der Waals surface area (Å²) in [5.74, 6) is -0.353. The molecule has 1 aliphatic heterocycles. The summed E-state index contributed by atoms with van der Waals surface area (Å²) in [6, 6.07) is 26.6. The number of sulfone groups is 1. The van der Waals surface area contributed by atoms with Gasteiger partial charge >= 0.3 is 0 Å². The summed E-state index contributed by atoms with van der Waals surface area (Å²) >= 11 is 0. The third kappa shape index (κ3) is 3.02. The van der Waals surface area contributed by atoms with Crippen LogP contribution in [0.15, 0.2) is 95.9 Å². The van der Waals surface area contributed by atoms with Crippen molar-refractivity contribution in [1.29, 1.82) is 0 Å². The van der Waals surface area contributed by atoms with Crippen molar-refractivity contribution in [2.75, 3.05) is 0 Å². The zero-order valence-electron chi connectivity index (χ0n) is 15.5. The van der Waals surface area contributed by atoms with Crippen LogP contribution in [-0.2, 0) is 14.6 Å². The first-order valence-electron chi connectivity index (χ1n) is 9.23. The normalized spacial score (nSPS) is 20.5. The molecule has 1 saturated heterocycles. The highest BCUT2D eigenvalue weighted by Crippen LogP contribution is 2.46. The molecule has 1 aliphatic rings. The predicted octanol–water partition coefficient (Wildman–Crippen LogP) is 4.17. The molecule has 0 saturated carbocycles. The summed E-state index contributed by atoms with van der Waals surface area (Å²) in [4.78, 5) is 15.0. The highest BCUT2D eigenvalue weighted by molar-refractivity contribution is 7.93. The molecule has 0 N–H and O–H groups in total. The number of amides is 1. The number of nitrogens with zero attached hydrogens (tertiary/aromatic N) is 1. The average molecular weight is 391 g/mol. The van der Waals surface area contributed by atoms with Gasteiger partial charge in [-0.25, -0.2) is 8.42 Å². The molecule has 0 spiro atoms. The monoisotopic (exact) mass is 391 g/mol. The van der Waals surface area contributed by atoms with E-state index >= 15 is 0 Å². The molecule has 4 rings (SSSR count). The second-order valence-corrected chi connectivity index (χ2v) is 9.04. The van der Waals surface area contributed by atoms with Gasteiger partial charge in [-0.2, -0.15) is 0 Å². The van der Waals surface area contributed by atoms with Crippen LogP contribution < -0.4 is 0 Å². The molecule has 3 aromatic carbocycles. The van der Waals surface area contributed by atoms with E-state index < -0.39 is 21.1 Å². The van der Waals surface area contributed by atoms with Crippen molar-refractivity contribution in [2.24, 2.45) is 0 Å². The van der Waals surface area contributed by atoms with E-state index in [2.05, 4.69) is 0 Å². The molecule has 3 atom stereocenters. The molecule has 3 aromatic rings. The Bertz CT molecular complexity index is 1070. The molecule has 0 aliphatic carbocycles. The Morgan fingerprint density at radius 2 is 1.29 bits per heavy atom. The van der Waals surface area contributed by atoms with Crippen LogP contribution in [0, 0.1) is 0 Å². The van der Waals surface area contributed by atoms with E-state index in [1.807, 2.05) is 67.6 Å². The number of hydrogen-bond acceptors (Lipinski definition) is 3. The minimum absolute atomic E-state index is 0.182. The van der Waals surface area contributed by atoms with E-state index in [-0.39, 0.29) is 16.8 Å². The van der Waals surface area contributed by atoms with Crippen LogP contribution in [0.3, 0.4) is 0 Å². The number of carbonyl (C=O) groups excluding carboxylic acids is 1. The zero-order chi connectivity index (χ0) is 19.7. The molecule has 1 amide bonds. The van der Waals surface area contributed by atoms with Gasteiger partial charge in [0.05, 0.1) is 17.0 Å². The Morgan fingerprint density at radius 3 is 1.86 bits per heavy atom. The van der Waals surface area contributed by atoms with Gasteiger partial charge in [0, 0.05) is 0 Å². The standard InChI is InChI=1S/C23H21NO3S/c1-17(18-11-5-2-6-12-18)24-21(19-13-7-3-8-14-19)22(23(24)25)28(26,27)20-15-9-4-10-16-20/h2-17,21-22H,1H3/t17-,21+,22+/m0/s1. The van der Waals surface area contributed by atoms with Gasteiger partial charge in [-0.05, 0) is 30.2 Å². The Labute approximate surface area is 165 Å². The first-order valence-corrected chi connectivity index (χ1v) is 10.8. The van der Waals surface area contributed by atoms with Crippen molar-refractivity contribution >= 4 is 15.7 Å². The number of likely N-dealkylation sites (tertiary alicyclic amines) is 1. The first-order chi connectivity index (χ1) is 13.5. The van der Waals surface area contributed by atoms with Crippen molar-refractivity contribution in [3.8, 4) is 0 Å². The van der Waals surface area contributed by atoms with Gasteiger partial charge in [-0.1, -0.05) is 78.9 Å². The highest BCUT2D eigenvalue weighted by atomic mass is 32.2. The molecule has 0 radical (unpaired) electrons. The molecule has 1 heterocycles. The van der Waals surface area contributed by atoms with Gasteiger partial charge in [0.2, 0.25) is 5.91 Å². The molecular formula is C23H21NO3S. The van der Waals surface area contributed by atoms with Gasteiger partial charge < -0.3 is 4.90 Å². The molecule has 0 unspecified atom stereocenters. The van der Waals surface area contributed by atoms with Gasteiger partial charge in [0.25, 0.3) is 0 Å². The number of rotatable bonds is 5. The van der Waals surface area contributed by atoms with E-state index in [0.29, 0.717) is 0 Å². The van der Waals surface area contributed by atoms with Crippen LogP contribution in [0.2, 0.25) is 0 Å². The quantitative estimate of drug-likeness (QED) is 0.613. The van der Waals surface area contributed by atoms with E-state index in [0.717, 1.165) is 11.1 Å². The van der Waals surface area contributed by atoms with Gasteiger partial charge in [-0.3, -0.25) is 4.79 Å². The first kappa shape index (κ1) is 18.4. The average Bonchev–Trinajstić information content (AvgIpc) is 2.73. The van der Waals surface area contributed by atoms with Crippen LogP contribution >= 0.6 is 0 Å². The van der Waals surface area contributed by atoms with Crippen molar-refractivity contribution in [3.63, 3.8) is 0 Å². The molecule has 5 heteroatoms. The van der Waals surface area contributed by atoms with Crippen molar-refractivity contribution < 1.29 is 13.2 Å². The fourth-order valence-corrected chi connectivity index (χ4v) is 5.70. The lowest BCUT2D eigenvalue weighted by Gasteiger charge is -2.50. The minimum Gasteiger partial charge on any atom is -0.326 e. The Balaban J connectivity index is 1.77. The lowest BCUT2D eigenvalue weighted by molar-refractivity contribution is -0.149. The van der Waals surface area contributed by atoms with Crippen molar-refractivity contribution in [1.82, 2.24) is 4.90 Å². The number of carbonyl (C=O) groups is 1. The molecule has 142 valence electrons. The van der Waals surface area contributed by atoms with Crippen LogP contribution in [-0.4, -0.2) is 24.5 Å². The van der Waals surface area contributed by atoms with Crippen LogP contribution in [0.4, 0.5) is 0 Å². The lowest BCUT2D eigenvalue weighted by atomic mass is 9.89. The third-order valence-electron chi connectivity index (χ3n) is 5.33. The van der Waals surface area contributed by atoms with E-state index in [1.165, 1.54) is 0 Å². The molecule has 28 heavy (non-hydrogen) atoms. The van der Waals surface area contributed by atoms with Crippen LogP contribution in [0.25, 0.3) is 0 Å². The predicted molar refractivity (Wildman–Crippen MR) is 108 cm³/mol. The summed E-state index contributed by atoms with van der Waals surface area (Å²) < 4.78 is 26.5. The van der Waals surface area contributed by atoms with E-state index in [4.69, 9.17) is 0 Å². The van der Waals surface area contributed by atoms with Gasteiger partial charge in [0.1, 0.15) is 0 Å². The van der Waals surface area contributed by atoms with Gasteiger partial charge in [0.15, 0.2) is 15.1 Å². The summed E-state index contributed by atoms with van der Waals surface area (Å²) in [5.41, 5.74) is 1.81. The summed E-state index contributed by atoms with van der Waals surface area (Å²) in [6.45, 7) is 1.94. The highest BCUT2D eigenvalue weighted by Gasteiger charge is 2.57. The Hall–Kier alpha value is -2.92. The molecule has 1 fully saturated rings. The summed E-state index contributed by atoms with van der Waals surface area (Å²) in [5, 5.41) is -1.11. The van der Waals surface area contributed by atoms with Crippen LogP contribution in [0.1, 0.15) is 30.1 Å². The van der Waals surface area contributed by atoms with E-state index in [1.54, 1.807) is 35.2 Å². The topological polar surface area (TPSA) is 54.5 Å². The third-order valence-corrected chi connectivity index (χ3v) is 7.39. The molecule has 4 nitrogen and oxygen atoms in total. The van der Waals surface area contributed by atoms with Crippen LogP contribution in [0.5, 0.6) is 0 Å². The molecule has 0 bridgehead atoms. The fraction of sp³-hybridized carbons (Fsp3) is 0.174. The maximum absolute atomic E-state index is 13.3.